The van der Waals surface area contributed by atoms with Crippen molar-refractivity contribution in [2.75, 3.05) is 29.9 Å². The molecule has 2 amide bonds. The van der Waals surface area contributed by atoms with Crippen molar-refractivity contribution in [2.24, 2.45) is 7.05 Å². The van der Waals surface area contributed by atoms with E-state index in [0.29, 0.717) is 0 Å². The van der Waals surface area contributed by atoms with E-state index in [2.05, 4.69) is 20.6 Å². The first-order valence-corrected chi connectivity index (χ1v) is 6.82. The van der Waals surface area contributed by atoms with Crippen LogP contribution in [0.15, 0.2) is 0 Å². The predicted molar refractivity (Wildman–Crippen MR) is 76.7 cm³/mol. The van der Waals surface area contributed by atoms with Crippen molar-refractivity contribution in [3.05, 3.63) is 5.69 Å². The number of amides is 2. The Kier molecular flexibility index (Phi) is 4.26. The number of nitrogens with zero attached hydrogens (tertiary/aromatic N) is 3. The Bertz CT molecular complexity index is 517. The molecule has 1 aromatic rings. The van der Waals surface area contributed by atoms with Crippen LogP contribution in [0, 0.1) is 6.92 Å². The summed E-state index contributed by atoms with van der Waals surface area (Å²) < 4.78 is 1.77. The van der Waals surface area contributed by atoms with Crippen molar-refractivity contribution >= 4 is 23.3 Å². The first-order chi connectivity index (χ1) is 9.49. The third-order valence-electron chi connectivity index (χ3n) is 3.48. The van der Waals surface area contributed by atoms with Crippen LogP contribution in [0.4, 0.5) is 11.5 Å². The number of rotatable bonds is 4. The molecule has 0 atom stereocenters. The fraction of sp³-hybridized carbons (Fsp3) is 0.615. The molecule has 1 aliphatic rings. The highest BCUT2D eigenvalue weighted by Crippen LogP contribution is 2.30. The van der Waals surface area contributed by atoms with Gasteiger partial charge in [0.05, 0.1) is 12.2 Å². The van der Waals surface area contributed by atoms with Crippen molar-refractivity contribution < 1.29 is 9.59 Å². The Balaban J connectivity index is 2.13. The molecule has 0 radical (unpaired) electrons. The van der Waals surface area contributed by atoms with Gasteiger partial charge in [0, 0.05) is 27.1 Å². The fourth-order valence-corrected chi connectivity index (χ4v) is 2.28. The van der Waals surface area contributed by atoms with Gasteiger partial charge in [0.2, 0.25) is 11.8 Å². The standard InChI is InChI=1S/C13H21N5O2/c1-9-12(15-11(20)8-14-10(2)19)13(16-17(9)3)18-6-4-5-7-18/h4-8H2,1-3H3,(H,14,19)(H,15,20). The van der Waals surface area contributed by atoms with E-state index in [9.17, 15) is 9.59 Å². The van der Waals surface area contributed by atoms with Crippen molar-refractivity contribution in [3.63, 3.8) is 0 Å². The number of hydrogen-bond acceptors (Lipinski definition) is 4. The van der Waals surface area contributed by atoms with E-state index < -0.39 is 0 Å². The molecule has 0 bridgehead atoms. The molecule has 2 heterocycles. The lowest BCUT2D eigenvalue weighted by Crippen LogP contribution is -2.31. The maximum Gasteiger partial charge on any atom is 0.243 e. The first-order valence-electron chi connectivity index (χ1n) is 6.82. The SMILES string of the molecule is CC(=O)NCC(=O)Nc1c(N2CCCC2)nn(C)c1C. The second kappa shape index (κ2) is 5.94. The second-order valence-electron chi connectivity index (χ2n) is 5.06. The van der Waals surface area contributed by atoms with E-state index in [4.69, 9.17) is 0 Å². The third kappa shape index (κ3) is 3.09. The van der Waals surface area contributed by atoms with E-state index in [1.54, 1.807) is 4.68 Å². The summed E-state index contributed by atoms with van der Waals surface area (Å²) in [5.41, 5.74) is 1.65. The zero-order chi connectivity index (χ0) is 14.7. The Morgan fingerprint density at radius 1 is 1.30 bits per heavy atom. The Hall–Kier alpha value is -2.05. The molecular formula is C13H21N5O2. The molecule has 1 fully saturated rings. The van der Waals surface area contributed by atoms with Crippen molar-refractivity contribution in [2.45, 2.75) is 26.7 Å². The molecule has 1 aromatic heterocycles. The predicted octanol–water partition coefficient (Wildman–Crippen LogP) is 0.403. The summed E-state index contributed by atoms with van der Waals surface area (Å²) in [5, 5.41) is 9.82. The average Bonchev–Trinajstić information content (AvgIpc) is 3.00. The van der Waals surface area contributed by atoms with Crippen LogP contribution in [0.2, 0.25) is 0 Å². The van der Waals surface area contributed by atoms with Crippen molar-refractivity contribution in [1.29, 1.82) is 0 Å². The topological polar surface area (TPSA) is 79.3 Å². The normalized spacial score (nSPS) is 14.4. The average molecular weight is 279 g/mol. The lowest BCUT2D eigenvalue weighted by Gasteiger charge is -2.16. The zero-order valence-corrected chi connectivity index (χ0v) is 12.2. The highest BCUT2D eigenvalue weighted by Gasteiger charge is 2.22. The van der Waals surface area contributed by atoms with Crippen LogP contribution < -0.4 is 15.5 Å². The minimum Gasteiger partial charge on any atom is -0.353 e. The summed E-state index contributed by atoms with van der Waals surface area (Å²) >= 11 is 0. The van der Waals surface area contributed by atoms with Crippen LogP contribution in [-0.2, 0) is 16.6 Å². The molecule has 0 saturated carbocycles. The van der Waals surface area contributed by atoms with Gasteiger partial charge in [-0.3, -0.25) is 14.3 Å². The molecular weight excluding hydrogens is 258 g/mol. The zero-order valence-electron chi connectivity index (χ0n) is 12.2. The van der Waals surface area contributed by atoms with E-state index in [0.717, 1.165) is 43.1 Å². The number of aromatic nitrogens is 2. The molecule has 0 aliphatic carbocycles. The highest BCUT2D eigenvalue weighted by molar-refractivity contribution is 5.97. The summed E-state index contributed by atoms with van der Waals surface area (Å²) in [5.74, 6) is 0.359. The third-order valence-corrected chi connectivity index (χ3v) is 3.48. The number of anilines is 2. The number of hydrogen-bond donors (Lipinski definition) is 2. The monoisotopic (exact) mass is 279 g/mol. The number of carbonyl (C=O) groups is 2. The Morgan fingerprint density at radius 2 is 1.95 bits per heavy atom. The van der Waals surface area contributed by atoms with Gasteiger partial charge in [0.1, 0.15) is 5.69 Å². The summed E-state index contributed by atoms with van der Waals surface area (Å²) in [7, 11) is 1.86. The largest absolute Gasteiger partial charge is 0.353 e. The van der Waals surface area contributed by atoms with E-state index in [1.807, 2.05) is 14.0 Å². The molecule has 2 rings (SSSR count). The molecule has 110 valence electrons. The molecule has 1 aliphatic heterocycles. The van der Waals surface area contributed by atoms with Gasteiger partial charge in [0.15, 0.2) is 5.82 Å². The summed E-state index contributed by atoms with van der Waals surface area (Å²) in [4.78, 5) is 24.9. The molecule has 1 saturated heterocycles. The van der Waals surface area contributed by atoms with Gasteiger partial charge in [0.25, 0.3) is 0 Å². The van der Waals surface area contributed by atoms with Gasteiger partial charge < -0.3 is 15.5 Å². The number of aryl methyl sites for hydroxylation is 1. The second-order valence-corrected chi connectivity index (χ2v) is 5.06. The van der Waals surface area contributed by atoms with Gasteiger partial charge in [-0.25, -0.2) is 0 Å². The Morgan fingerprint density at radius 3 is 2.55 bits per heavy atom. The highest BCUT2D eigenvalue weighted by atomic mass is 16.2. The Labute approximate surface area is 118 Å². The summed E-state index contributed by atoms with van der Waals surface area (Å²) in [6.45, 7) is 5.21. The maximum atomic E-state index is 11.9. The molecule has 7 heteroatoms. The minimum atomic E-state index is -0.239. The molecule has 0 spiro atoms. The first kappa shape index (κ1) is 14.4. The van der Waals surface area contributed by atoms with Crippen LogP contribution in [0.3, 0.4) is 0 Å². The quantitative estimate of drug-likeness (QED) is 0.836. The lowest BCUT2D eigenvalue weighted by molar-refractivity contribution is -0.122. The molecule has 0 aromatic carbocycles. The van der Waals surface area contributed by atoms with Gasteiger partial charge >= 0.3 is 0 Å². The van der Waals surface area contributed by atoms with E-state index in [1.165, 1.54) is 6.92 Å². The summed E-state index contributed by atoms with van der Waals surface area (Å²) in [6, 6.07) is 0. The minimum absolute atomic E-state index is 0.0247. The lowest BCUT2D eigenvalue weighted by atomic mass is 10.3. The van der Waals surface area contributed by atoms with Crippen LogP contribution >= 0.6 is 0 Å². The molecule has 0 unspecified atom stereocenters. The van der Waals surface area contributed by atoms with Crippen LogP contribution in [0.25, 0.3) is 0 Å². The summed E-state index contributed by atoms with van der Waals surface area (Å²) in [6.07, 6.45) is 2.30. The molecule has 2 N–H and O–H groups in total. The van der Waals surface area contributed by atoms with Crippen molar-refractivity contribution in [1.82, 2.24) is 15.1 Å². The van der Waals surface area contributed by atoms with Crippen LogP contribution in [0.1, 0.15) is 25.5 Å². The van der Waals surface area contributed by atoms with Crippen LogP contribution in [0.5, 0.6) is 0 Å². The van der Waals surface area contributed by atoms with Gasteiger partial charge in [-0.2, -0.15) is 5.10 Å². The fourth-order valence-electron chi connectivity index (χ4n) is 2.28. The van der Waals surface area contributed by atoms with Gasteiger partial charge in [-0.1, -0.05) is 0 Å². The number of nitrogens with one attached hydrogen (secondary N) is 2. The van der Waals surface area contributed by atoms with E-state index in [-0.39, 0.29) is 18.4 Å². The van der Waals surface area contributed by atoms with E-state index >= 15 is 0 Å². The van der Waals surface area contributed by atoms with Crippen molar-refractivity contribution in [3.8, 4) is 0 Å². The van der Waals surface area contributed by atoms with Crippen LogP contribution in [-0.4, -0.2) is 41.2 Å². The van der Waals surface area contributed by atoms with Gasteiger partial charge in [-0.05, 0) is 19.8 Å². The van der Waals surface area contributed by atoms with Gasteiger partial charge in [-0.15, -0.1) is 0 Å². The number of carbonyl (C=O) groups excluding carboxylic acids is 2. The molecule has 20 heavy (non-hydrogen) atoms. The molecule has 7 nitrogen and oxygen atoms in total. The smallest absolute Gasteiger partial charge is 0.243 e. The maximum absolute atomic E-state index is 11.9.